The molecule has 0 unspecified atom stereocenters. The normalized spacial score (nSPS) is 15.1. The van der Waals surface area contributed by atoms with Crippen molar-refractivity contribution in [3.63, 3.8) is 0 Å². The summed E-state index contributed by atoms with van der Waals surface area (Å²) in [6.45, 7) is 2.19. The van der Waals surface area contributed by atoms with E-state index in [-0.39, 0.29) is 0 Å². The zero-order valence-corrected chi connectivity index (χ0v) is 7.75. The lowest BCUT2D eigenvalue weighted by atomic mass is 10.2. The van der Waals surface area contributed by atoms with Gasteiger partial charge in [0, 0.05) is 10.4 Å². The first-order chi connectivity index (χ1) is 5.33. The van der Waals surface area contributed by atoms with Gasteiger partial charge in [-0.25, -0.2) is 0 Å². The second-order valence-corrected chi connectivity index (χ2v) is 4.15. The van der Waals surface area contributed by atoms with E-state index in [2.05, 4.69) is 6.92 Å². The molecule has 0 saturated heterocycles. The van der Waals surface area contributed by atoms with E-state index in [4.69, 9.17) is 4.74 Å². The monoisotopic (exact) mass is 168 g/mol. The summed E-state index contributed by atoms with van der Waals surface area (Å²) in [6.07, 6.45) is 3.80. The molecule has 0 amide bonds. The van der Waals surface area contributed by atoms with E-state index in [1.54, 1.807) is 24.0 Å². The lowest BCUT2D eigenvalue weighted by molar-refractivity contribution is 0.423. The topological polar surface area (TPSA) is 9.23 Å². The van der Waals surface area contributed by atoms with Gasteiger partial charge in [0.1, 0.15) is 0 Å². The zero-order chi connectivity index (χ0) is 7.84. The second kappa shape index (κ2) is 2.52. The highest BCUT2D eigenvalue weighted by Crippen LogP contribution is 2.39. The van der Waals surface area contributed by atoms with Gasteiger partial charge in [-0.15, -0.1) is 11.3 Å². The Morgan fingerprint density at radius 3 is 2.73 bits per heavy atom. The first-order valence-electron chi connectivity index (χ1n) is 3.98. The van der Waals surface area contributed by atoms with Crippen LogP contribution in [0.2, 0.25) is 0 Å². The van der Waals surface area contributed by atoms with Crippen molar-refractivity contribution in [1.82, 2.24) is 0 Å². The summed E-state index contributed by atoms with van der Waals surface area (Å²) in [4.78, 5) is 1.45. The fraction of sp³-hybridized carbons (Fsp3) is 0.556. The number of fused-ring (bicyclic) bond motifs is 1. The molecule has 1 aromatic rings. The Kier molecular flexibility index (Phi) is 1.64. The Labute approximate surface area is 71.0 Å². The maximum atomic E-state index is 5.30. The van der Waals surface area contributed by atoms with Gasteiger partial charge in [-0.3, -0.25) is 0 Å². The number of aryl methyl sites for hydroxylation is 1. The first-order valence-corrected chi connectivity index (χ1v) is 4.79. The molecule has 1 heterocycles. The highest BCUT2D eigenvalue weighted by atomic mass is 32.1. The summed E-state index contributed by atoms with van der Waals surface area (Å²) in [6, 6.07) is 0. The molecule has 1 aromatic heterocycles. The summed E-state index contributed by atoms with van der Waals surface area (Å²) in [5.41, 5.74) is 3.04. The molecule has 0 radical (unpaired) electrons. The summed E-state index contributed by atoms with van der Waals surface area (Å²) < 4.78 is 5.30. The number of methoxy groups -OCH3 is 1. The molecule has 11 heavy (non-hydrogen) atoms. The average molecular weight is 168 g/mol. The van der Waals surface area contributed by atoms with Gasteiger partial charge < -0.3 is 4.74 Å². The number of ether oxygens (including phenoxy) is 1. The fourth-order valence-electron chi connectivity index (χ4n) is 1.78. The fourth-order valence-corrected chi connectivity index (χ4v) is 2.84. The van der Waals surface area contributed by atoms with Gasteiger partial charge in [0.25, 0.3) is 0 Å². The lowest BCUT2D eigenvalue weighted by Crippen LogP contribution is -1.82. The van der Waals surface area contributed by atoms with E-state index >= 15 is 0 Å². The minimum absolute atomic E-state index is 1.15. The van der Waals surface area contributed by atoms with Crippen LogP contribution >= 0.6 is 11.3 Å². The van der Waals surface area contributed by atoms with Crippen molar-refractivity contribution in [3.8, 4) is 5.06 Å². The maximum Gasteiger partial charge on any atom is 0.177 e. The van der Waals surface area contributed by atoms with Crippen LogP contribution < -0.4 is 4.74 Å². The molecule has 0 aromatic carbocycles. The molecule has 2 rings (SSSR count). The highest BCUT2D eigenvalue weighted by Gasteiger charge is 2.20. The molecular weight excluding hydrogens is 156 g/mol. The van der Waals surface area contributed by atoms with Gasteiger partial charge in [-0.1, -0.05) is 0 Å². The minimum Gasteiger partial charge on any atom is -0.487 e. The molecule has 0 spiro atoms. The third-order valence-electron chi connectivity index (χ3n) is 2.32. The third-order valence-corrected chi connectivity index (χ3v) is 3.47. The number of rotatable bonds is 1. The third kappa shape index (κ3) is 0.968. The minimum atomic E-state index is 1.15. The van der Waals surface area contributed by atoms with Crippen molar-refractivity contribution in [1.29, 1.82) is 0 Å². The van der Waals surface area contributed by atoms with Crippen molar-refractivity contribution in [2.24, 2.45) is 0 Å². The Hall–Kier alpha value is -0.500. The number of hydrogen-bond acceptors (Lipinski definition) is 2. The Morgan fingerprint density at radius 2 is 2.00 bits per heavy atom. The van der Waals surface area contributed by atoms with Crippen LogP contribution in [-0.4, -0.2) is 7.11 Å². The molecule has 0 aliphatic heterocycles. The van der Waals surface area contributed by atoms with E-state index in [1.165, 1.54) is 29.7 Å². The van der Waals surface area contributed by atoms with Crippen molar-refractivity contribution in [2.45, 2.75) is 26.2 Å². The molecule has 2 heteroatoms. The van der Waals surface area contributed by atoms with Crippen molar-refractivity contribution < 1.29 is 4.74 Å². The van der Waals surface area contributed by atoms with Crippen LogP contribution in [0.1, 0.15) is 22.4 Å². The first kappa shape index (κ1) is 7.17. The van der Waals surface area contributed by atoms with Crippen LogP contribution in [-0.2, 0) is 12.8 Å². The van der Waals surface area contributed by atoms with E-state index in [9.17, 15) is 0 Å². The van der Waals surface area contributed by atoms with E-state index < -0.39 is 0 Å². The molecular formula is C9H12OS. The van der Waals surface area contributed by atoms with Crippen LogP contribution in [0.15, 0.2) is 0 Å². The predicted octanol–water partition coefficient (Wildman–Crippen LogP) is 2.55. The number of hydrogen-bond donors (Lipinski definition) is 0. The van der Waals surface area contributed by atoms with Crippen molar-refractivity contribution >= 4 is 11.3 Å². The maximum absolute atomic E-state index is 5.30. The smallest absolute Gasteiger partial charge is 0.177 e. The van der Waals surface area contributed by atoms with Crippen LogP contribution in [0.25, 0.3) is 0 Å². The molecule has 0 N–H and O–H groups in total. The summed E-state index contributed by atoms with van der Waals surface area (Å²) in [5, 5.41) is 1.15. The SMILES string of the molecule is COc1sc(C)c2c1CCC2. The van der Waals surface area contributed by atoms with Gasteiger partial charge in [0.05, 0.1) is 7.11 Å². The molecule has 0 saturated carbocycles. The molecule has 1 aliphatic rings. The molecule has 0 fully saturated rings. The second-order valence-electron chi connectivity index (χ2n) is 2.96. The zero-order valence-electron chi connectivity index (χ0n) is 6.94. The molecule has 60 valence electrons. The van der Waals surface area contributed by atoms with E-state index in [0.717, 1.165) is 5.06 Å². The standard InChI is InChI=1S/C9H12OS/c1-6-7-4-3-5-8(7)9(10-2)11-6/h3-5H2,1-2H3. The van der Waals surface area contributed by atoms with E-state index in [0.29, 0.717) is 0 Å². The van der Waals surface area contributed by atoms with Crippen molar-refractivity contribution in [3.05, 3.63) is 16.0 Å². The predicted molar refractivity (Wildman–Crippen MR) is 47.6 cm³/mol. The van der Waals surface area contributed by atoms with Gasteiger partial charge in [0.15, 0.2) is 5.06 Å². The average Bonchev–Trinajstić information content (AvgIpc) is 2.54. The Morgan fingerprint density at radius 1 is 1.27 bits per heavy atom. The van der Waals surface area contributed by atoms with Crippen LogP contribution in [0, 0.1) is 6.92 Å². The van der Waals surface area contributed by atoms with Crippen LogP contribution in [0.3, 0.4) is 0 Å². The molecule has 0 bridgehead atoms. The van der Waals surface area contributed by atoms with Gasteiger partial charge in [0.2, 0.25) is 0 Å². The molecule has 0 atom stereocenters. The van der Waals surface area contributed by atoms with Crippen molar-refractivity contribution in [2.75, 3.05) is 7.11 Å². The summed E-state index contributed by atoms with van der Waals surface area (Å²) in [5.74, 6) is 0. The molecule has 1 nitrogen and oxygen atoms in total. The largest absolute Gasteiger partial charge is 0.487 e. The Bertz CT molecular complexity index is 275. The van der Waals surface area contributed by atoms with Gasteiger partial charge in [-0.05, 0) is 31.7 Å². The lowest BCUT2D eigenvalue weighted by Gasteiger charge is -1.95. The van der Waals surface area contributed by atoms with Crippen LogP contribution in [0.5, 0.6) is 5.06 Å². The number of thiophene rings is 1. The molecule has 1 aliphatic carbocycles. The van der Waals surface area contributed by atoms with Gasteiger partial charge >= 0.3 is 0 Å². The highest BCUT2D eigenvalue weighted by molar-refractivity contribution is 7.14. The summed E-state index contributed by atoms with van der Waals surface area (Å²) >= 11 is 1.79. The van der Waals surface area contributed by atoms with Crippen LogP contribution in [0.4, 0.5) is 0 Å². The van der Waals surface area contributed by atoms with E-state index in [1.807, 2.05) is 0 Å². The quantitative estimate of drug-likeness (QED) is 0.626. The Balaban J connectivity index is 2.52. The van der Waals surface area contributed by atoms with Gasteiger partial charge in [-0.2, -0.15) is 0 Å². The summed E-state index contributed by atoms with van der Waals surface area (Å²) in [7, 11) is 1.77.